The van der Waals surface area contributed by atoms with Gasteiger partial charge in [0.15, 0.2) is 0 Å². The fraction of sp³-hybridized carbons (Fsp3) is 0.467. The largest absolute Gasteiger partial charge is 0.384 e. The summed E-state index contributed by atoms with van der Waals surface area (Å²) in [6.07, 6.45) is 2.52. The van der Waals surface area contributed by atoms with E-state index in [1.807, 2.05) is 6.92 Å². The maximum atomic E-state index is 12.3. The molecular formula is C15H18N2O3. The van der Waals surface area contributed by atoms with Crippen LogP contribution in [0.2, 0.25) is 0 Å². The third-order valence-corrected chi connectivity index (χ3v) is 3.36. The van der Waals surface area contributed by atoms with E-state index < -0.39 is 0 Å². The Kier molecular flexibility index (Phi) is 5.10. The highest BCUT2D eigenvalue weighted by Crippen LogP contribution is 2.16. The number of aliphatic hydroxyl groups is 1. The molecule has 5 heteroatoms. The van der Waals surface area contributed by atoms with E-state index in [0.717, 1.165) is 13.0 Å². The van der Waals surface area contributed by atoms with Gasteiger partial charge in [0.05, 0.1) is 12.2 Å². The van der Waals surface area contributed by atoms with Crippen LogP contribution in [0.5, 0.6) is 0 Å². The molecular weight excluding hydrogens is 256 g/mol. The maximum absolute atomic E-state index is 12.3. The topological polar surface area (TPSA) is 71.5 Å². The van der Waals surface area contributed by atoms with Crippen LogP contribution in [0.25, 0.3) is 0 Å². The average Bonchev–Trinajstić information content (AvgIpc) is 2.99. The van der Waals surface area contributed by atoms with Gasteiger partial charge in [-0.05, 0) is 25.5 Å². The molecule has 0 radical (unpaired) electrons. The van der Waals surface area contributed by atoms with Crippen molar-refractivity contribution in [2.45, 2.75) is 19.4 Å². The fourth-order valence-corrected chi connectivity index (χ4v) is 2.16. The summed E-state index contributed by atoms with van der Waals surface area (Å²) >= 11 is 0. The minimum absolute atomic E-state index is 0.0330. The molecule has 0 saturated carbocycles. The zero-order chi connectivity index (χ0) is 14.4. The first-order valence-corrected chi connectivity index (χ1v) is 6.65. The number of nitrogens with one attached hydrogen (secondary N) is 1. The highest BCUT2D eigenvalue weighted by molar-refractivity contribution is 5.94. The molecule has 2 rings (SSSR count). The van der Waals surface area contributed by atoms with E-state index in [1.165, 1.54) is 0 Å². The summed E-state index contributed by atoms with van der Waals surface area (Å²) in [6.45, 7) is 3.16. The van der Waals surface area contributed by atoms with Crippen molar-refractivity contribution >= 4 is 5.91 Å². The second-order valence-electron chi connectivity index (χ2n) is 4.75. The summed E-state index contributed by atoms with van der Waals surface area (Å²) in [4.78, 5) is 16.3. The van der Waals surface area contributed by atoms with Crippen molar-refractivity contribution in [1.29, 1.82) is 0 Å². The van der Waals surface area contributed by atoms with Crippen molar-refractivity contribution < 1.29 is 14.6 Å². The van der Waals surface area contributed by atoms with Crippen LogP contribution in [-0.4, -0.2) is 41.9 Å². The van der Waals surface area contributed by atoms with Gasteiger partial charge in [0, 0.05) is 24.8 Å². The van der Waals surface area contributed by atoms with E-state index >= 15 is 0 Å². The van der Waals surface area contributed by atoms with Gasteiger partial charge in [0.2, 0.25) is 0 Å². The lowest BCUT2D eigenvalue weighted by atomic mass is 10.0. The van der Waals surface area contributed by atoms with E-state index in [9.17, 15) is 4.79 Å². The van der Waals surface area contributed by atoms with Crippen LogP contribution in [0.15, 0.2) is 18.3 Å². The number of pyridine rings is 1. The van der Waals surface area contributed by atoms with Crippen LogP contribution < -0.4 is 5.32 Å². The van der Waals surface area contributed by atoms with Gasteiger partial charge in [-0.2, -0.15) is 0 Å². The van der Waals surface area contributed by atoms with Crippen molar-refractivity contribution in [3.05, 3.63) is 29.6 Å². The number of aliphatic hydroxyl groups excluding tert-OH is 1. The Morgan fingerprint density at radius 1 is 1.70 bits per heavy atom. The Labute approximate surface area is 118 Å². The minimum atomic E-state index is -0.244. The molecule has 20 heavy (non-hydrogen) atoms. The molecule has 2 heterocycles. The van der Waals surface area contributed by atoms with Gasteiger partial charge in [-0.1, -0.05) is 11.8 Å². The summed E-state index contributed by atoms with van der Waals surface area (Å²) in [6, 6.07) is 3.46. The highest BCUT2D eigenvalue weighted by atomic mass is 16.5. The zero-order valence-electron chi connectivity index (χ0n) is 11.4. The van der Waals surface area contributed by atoms with E-state index in [2.05, 4.69) is 22.1 Å². The van der Waals surface area contributed by atoms with Gasteiger partial charge in [-0.3, -0.25) is 4.79 Å². The number of carbonyl (C=O) groups is 1. The predicted octanol–water partition coefficient (Wildman–Crippen LogP) is 0.580. The molecule has 0 aromatic carbocycles. The molecule has 0 bridgehead atoms. The van der Waals surface area contributed by atoms with E-state index in [-0.39, 0.29) is 18.6 Å². The summed E-state index contributed by atoms with van der Waals surface area (Å²) in [5, 5.41) is 11.7. The molecule has 0 aliphatic carbocycles. The lowest BCUT2D eigenvalue weighted by Crippen LogP contribution is -2.39. The number of rotatable bonds is 3. The van der Waals surface area contributed by atoms with Crippen molar-refractivity contribution in [3.8, 4) is 11.8 Å². The molecule has 1 saturated heterocycles. The smallest absolute Gasteiger partial charge is 0.271 e. The third-order valence-electron chi connectivity index (χ3n) is 3.36. The Bertz CT molecular complexity index is 527. The van der Waals surface area contributed by atoms with Crippen LogP contribution >= 0.6 is 0 Å². The van der Waals surface area contributed by atoms with Crippen LogP contribution in [0.3, 0.4) is 0 Å². The number of nitrogens with zero attached hydrogens (tertiary/aromatic N) is 1. The highest BCUT2D eigenvalue weighted by Gasteiger charge is 2.24. The van der Waals surface area contributed by atoms with Gasteiger partial charge in [-0.15, -0.1) is 0 Å². The normalized spacial score (nSPS) is 19.0. The molecule has 1 amide bonds. The molecule has 0 spiro atoms. The molecule has 106 valence electrons. The lowest BCUT2D eigenvalue weighted by molar-refractivity contribution is 0.0917. The number of carbonyl (C=O) groups excluding carboxylic acids is 1. The average molecular weight is 274 g/mol. The molecule has 1 aromatic heterocycles. The van der Waals surface area contributed by atoms with Crippen molar-refractivity contribution in [2.75, 3.05) is 19.8 Å². The van der Waals surface area contributed by atoms with Gasteiger partial charge < -0.3 is 15.2 Å². The molecule has 2 atom stereocenters. The van der Waals surface area contributed by atoms with E-state index in [4.69, 9.17) is 9.84 Å². The van der Waals surface area contributed by atoms with Crippen LogP contribution in [0.1, 0.15) is 29.4 Å². The molecule has 1 fully saturated rings. The molecule has 5 nitrogen and oxygen atoms in total. The monoisotopic (exact) mass is 274 g/mol. The third kappa shape index (κ3) is 3.56. The zero-order valence-corrected chi connectivity index (χ0v) is 11.4. The Morgan fingerprint density at radius 3 is 3.25 bits per heavy atom. The Hall–Kier alpha value is -1.90. The standard InChI is InChI=1S/C15H18N2O3/c1-11(13-6-9-20-10-13)17-15(19)14-12(5-3-8-18)4-2-7-16-14/h2,4,7,11,13,18H,6,8-10H2,1H3,(H,17,19). The molecule has 1 aliphatic heterocycles. The molecule has 1 aliphatic rings. The van der Waals surface area contributed by atoms with Crippen LogP contribution in [0, 0.1) is 17.8 Å². The summed E-state index contributed by atoms with van der Waals surface area (Å²) < 4.78 is 5.33. The first kappa shape index (κ1) is 14.5. The second-order valence-corrected chi connectivity index (χ2v) is 4.75. The minimum Gasteiger partial charge on any atom is -0.384 e. The SMILES string of the molecule is CC(NC(=O)c1ncccc1C#CCO)C1CCOC1. The van der Waals surface area contributed by atoms with Gasteiger partial charge in [0.1, 0.15) is 12.3 Å². The number of hydrogen-bond donors (Lipinski definition) is 2. The fourth-order valence-electron chi connectivity index (χ4n) is 2.16. The summed E-state index contributed by atoms with van der Waals surface area (Å²) in [7, 11) is 0. The van der Waals surface area contributed by atoms with Crippen molar-refractivity contribution in [2.24, 2.45) is 5.92 Å². The van der Waals surface area contributed by atoms with Crippen LogP contribution in [-0.2, 0) is 4.74 Å². The Balaban J connectivity index is 2.08. The van der Waals surface area contributed by atoms with E-state index in [1.54, 1.807) is 18.3 Å². The van der Waals surface area contributed by atoms with Crippen molar-refractivity contribution in [3.63, 3.8) is 0 Å². The number of ether oxygens (including phenoxy) is 1. The Morgan fingerprint density at radius 2 is 2.55 bits per heavy atom. The predicted molar refractivity (Wildman–Crippen MR) is 74.1 cm³/mol. The van der Waals surface area contributed by atoms with Crippen LogP contribution in [0.4, 0.5) is 0 Å². The number of amides is 1. The molecule has 1 aromatic rings. The lowest BCUT2D eigenvalue weighted by Gasteiger charge is -2.19. The van der Waals surface area contributed by atoms with Gasteiger partial charge in [-0.25, -0.2) is 4.98 Å². The second kappa shape index (κ2) is 7.04. The number of hydrogen-bond acceptors (Lipinski definition) is 4. The van der Waals surface area contributed by atoms with Crippen molar-refractivity contribution in [1.82, 2.24) is 10.3 Å². The maximum Gasteiger partial charge on any atom is 0.271 e. The summed E-state index contributed by atoms with van der Waals surface area (Å²) in [5.74, 6) is 5.37. The molecule has 2 N–H and O–H groups in total. The number of aromatic nitrogens is 1. The first-order chi connectivity index (χ1) is 9.72. The quantitative estimate of drug-likeness (QED) is 0.791. The first-order valence-electron chi connectivity index (χ1n) is 6.65. The van der Waals surface area contributed by atoms with Gasteiger partial charge >= 0.3 is 0 Å². The summed E-state index contributed by atoms with van der Waals surface area (Å²) in [5.41, 5.74) is 0.813. The van der Waals surface area contributed by atoms with E-state index in [0.29, 0.717) is 23.8 Å². The molecule has 2 unspecified atom stereocenters. The van der Waals surface area contributed by atoms with Gasteiger partial charge in [0.25, 0.3) is 5.91 Å².